The maximum Gasteiger partial charge on any atom is 0.433 e. The van der Waals surface area contributed by atoms with E-state index in [2.05, 4.69) is 15.0 Å². The quantitative estimate of drug-likeness (QED) is 0.686. The summed E-state index contributed by atoms with van der Waals surface area (Å²) >= 11 is 0. The average molecular weight is 429 g/mol. The van der Waals surface area contributed by atoms with Gasteiger partial charge in [0.05, 0.1) is 23.0 Å². The standard InChI is InChI=1S/C17H18F3N5O3S/c1-3-29(27,28)16-13(23-14-11(26)5-4-6-25(14)16)15-22-9-7-12(17(18,19)20)21-8-10(9)24(15)2/h7-8,11,26H,3-6H2,1-2H3. The van der Waals surface area contributed by atoms with Gasteiger partial charge in [0.25, 0.3) is 0 Å². The highest BCUT2D eigenvalue weighted by Crippen LogP contribution is 2.36. The molecule has 4 rings (SSSR count). The summed E-state index contributed by atoms with van der Waals surface area (Å²) < 4.78 is 67.5. The lowest BCUT2D eigenvalue weighted by molar-refractivity contribution is -0.141. The molecule has 0 aliphatic carbocycles. The first-order chi connectivity index (χ1) is 13.5. The molecule has 12 heteroatoms. The highest BCUT2D eigenvalue weighted by molar-refractivity contribution is 7.91. The van der Waals surface area contributed by atoms with Crippen molar-refractivity contribution in [1.82, 2.24) is 24.1 Å². The molecule has 8 nitrogen and oxygen atoms in total. The topological polar surface area (TPSA) is 103 Å². The third kappa shape index (κ3) is 3.10. The molecule has 1 unspecified atom stereocenters. The van der Waals surface area contributed by atoms with E-state index in [1.165, 1.54) is 16.1 Å². The predicted molar refractivity (Wildman–Crippen MR) is 96.7 cm³/mol. The molecule has 1 aliphatic rings. The largest absolute Gasteiger partial charge is 0.433 e. The number of sulfone groups is 1. The number of fused-ring (bicyclic) bond motifs is 2. The number of halogens is 3. The molecular formula is C17H18F3N5O3S. The second-order valence-corrected chi connectivity index (χ2v) is 9.08. The van der Waals surface area contributed by atoms with Gasteiger partial charge in [0.2, 0.25) is 0 Å². The van der Waals surface area contributed by atoms with Crippen molar-refractivity contribution in [3.63, 3.8) is 0 Å². The van der Waals surface area contributed by atoms with Crippen LogP contribution in [0.1, 0.15) is 37.4 Å². The van der Waals surface area contributed by atoms with Crippen LogP contribution in [0.5, 0.6) is 0 Å². The number of aliphatic hydroxyl groups is 1. The minimum atomic E-state index is -4.62. The molecule has 1 atom stereocenters. The molecular weight excluding hydrogens is 411 g/mol. The molecule has 3 aromatic heterocycles. The number of pyridine rings is 1. The van der Waals surface area contributed by atoms with E-state index in [4.69, 9.17) is 0 Å². The van der Waals surface area contributed by atoms with E-state index in [1.807, 2.05) is 0 Å². The number of imidazole rings is 2. The van der Waals surface area contributed by atoms with E-state index < -0.39 is 27.8 Å². The van der Waals surface area contributed by atoms with Crippen molar-refractivity contribution < 1.29 is 26.7 Å². The molecule has 4 heterocycles. The molecule has 1 aliphatic heterocycles. The Morgan fingerprint density at radius 1 is 1.31 bits per heavy atom. The van der Waals surface area contributed by atoms with Crippen molar-refractivity contribution in [2.45, 2.75) is 43.6 Å². The van der Waals surface area contributed by atoms with Crippen LogP contribution in [-0.4, -0.2) is 43.4 Å². The number of hydrogen-bond donors (Lipinski definition) is 1. The zero-order chi connectivity index (χ0) is 21.1. The van der Waals surface area contributed by atoms with E-state index in [0.29, 0.717) is 24.9 Å². The normalized spacial score (nSPS) is 17.7. The van der Waals surface area contributed by atoms with E-state index in [1.54, 1.807) is 7.05 Å². The first kappa shape index (κ1) is 19.8. The van der Waals surface area contributed by atoms with Gasteiger partial charge in [-0.15, -0.1) is 0 Å². The van der Waals surface area contributed by atoms with Gasteiger partial charge in [0, 0.05) is 13.6 Å². The lowest BCUT2D eigenvalue weighted by atomic mass is 10.1. The lowest BCUT2D eigenvalue weighted by Crippen LogP contribution is -2.20. The van der Waals surface area contributed by atoms with Gasteiger partial charge in [-0.05, 0) is 18.9 Å². The molecule has 0 bridgehead atoms. The Labute approximate surface area is 163 Å². The molecule has 29 heavy (non-hydrogen) atoms. The van der Waals surface area contributed by atoms with Crippen LogP contribution in [0.15, 0.2) is 17.3 Å². The van der Waals surface area contributed by atoms with Crippen LogP contribution >= 0.6 is 0 Å². The van der Waals surface area contributed by atoms with Crippen molar-refractivity contribution >= 4 is 20.9 Å². The molecule has 3 aromatic rings. The maximum atomic E-state index is 13.0. The highest BCUT2D eigenvalue weighted by Gasteiger charge is 2.35. The number of nitrogens with zero attached hydrogens (tertiary/aromatic N) is 5. The number of rotatable bonds is 3. The van der Waals surface area contributed by atoms with Crippen LogP contribution in [0.25, 0.3) is 22.6 Å². The first-order valence-electron chi connectivity index (χ1n) is 8.96. The molecule has 0 radical (unpaired) electrons. The van der Waals surface area contributed by atoms with Gasteiger partial charge in [-0.25, -0.2) is 23.4 Å². The third-order valence-corrected chi connectivity index (χ3v) is 6.82. The molecule has 0 saturated heterocycles. The van der Waals surface area contributed by atoms with E-state index in [9.17, 15) is 26.7 Å². The average Bonchev–Trinajstić information content (AvgIpc) is 3.20. The molecule has 0 fully saturated rings. The minimum absolute atomic E-state index is 0.0232. The molecule has 0 saturated carbocycles. The Kier molecular flexibility index (Phi) is 4.46. The van der Waals surface area contributed by atoms with Crippen molar-refractivity contribution in [1.29, 1.82) is 0 Å². The number of aliphatic hydroxyl groups excluding tert-OH is 1. The number of aromatic nitrogens is 5. The summed E-state index contributed by atoms with van der Waals surface area (Å²) in [4.78, 5) is 12.0. The van der Waals surface area contributed by atoms with Gasteiger partial charge in [0.15, 0.2) is 20.7 Å². The van der Waals surface area contributed by atoms with E-state index in [-0.39, 0.29) is 33.6 Å². The Bertz CT molecular complexity index is 1210. The van der Waals surface area contributed by atoms with Crippen LogP contribution in [0.4, 0.5) is 13.2 Å². The molecule has 156 valence electrons. The van der Waals surface area contributed by atoms with Crippen LogP contribution in [0.2, 0.25) is 0 Å². The number of alkyl halides is 3. The summed E-state index contributed by atoms with van der Waals surface area (Å²) in [5, 5.41) is 10.2. The Morgan fingerprint density at radius 2 is 2.03 bits per heavy atom. The summed E-state index contributed by atoms with van der Waals surface area (Å²) in [6.07, 6.45) is -3.47. The van der Waals surface area contributed by atoms with Crippen molar-refractivity contribution in [3.8, 4) is 11.5 Å². The Balaban J connectivity index is 2.00. The van der Waals surface area contributed by atoms with Crippen LogP contribution in [0, 0.1) is 0 Å². The summed E-state index contributed by atoms with van der Waals surface area (Å²) in [6.45, 7) is 1.87. The molecule has 0 aromatic carbocycles. The minimum Gasteiger partial charge on any atom is -0.385 e. The molecule has 1 N–H and O–H groups in total. The van der Waals surface area contributed by atoms with Crippen molar-refractivity contribution in [2.24, 2.45) is 7.05 Å². The number of aryl methyl sites for hydroxylation is 1. The fourth-order valence-corrected chi connectivity index (χ4v) is 4.78. The smallest absolute Gasteiger partial charge is 0.385 e. The summed E-state index contributed by atoms with van der Waals surface area (Å²) in [7, 11) is -2.19. The molecule has 0 amide bonds. The zero-order valence-corrected chi connectivity index (χ0v) is 16.4. The predicted octanol–water partition coefficient (Wildman–Crippen LogP) is 2.47. The summed E-state index contributed by atoms with van der Waals surface area (Å²) in [5.74, 6) is 0.131. The third-order valence-electron chi connectivity index (χ3n) is 5.05. The van der Waals surface area contributed by atoms with Gasteiger partial charge in [-0.2, -0.15) is 13.2 Å². The van der Waals surface area contributed by atoms with E-state index in [0.717, 1.165) is 12.3 Å². The summed E-state index contributed by atoms with van der Waals surface area (Å²) in [5.41, 5.74) is -0.735. The first-order valence-corrected chi connectivity index (χ1v) is 10.6. The monoisotopic (exact) mass is 429 g/mol. The van der Waals surface area contributed by atoms with E-state index >= 15 is 0 Å². The van der Waals surface area contributed by atoms with Gasteiger partial charge < -0.3 is 14.2 Å². The SMILES string of the molecule is CCS(=O)(=O)c1c(-c2nc3cc(C(F)(F)F)ncc3n2C)nc2n1CCCC2O. The van der Waals surface area contributed by atoms with Gasteiger partial charge in [0.1, 0.15) is 23.3 Å². The maximum absolute atomic E-state index is 13.0. The lowest BCUT2D eigenvalue weighted by Gasteiger charge is -2.20. The van der Waals surface area contributed by atoms with Crippen LogP contribution in [0.3, 0.4) is 0 Å². The zero-order valence-electron chi connectivity index (χ0n) is 15.6. The van der Waals surface area contributed by atoms with Crippen molar-refractivity contribution in [2.75, 3.05) is 5.75 Å². The Morgan fingerprint density at radius 3 is 2.69 bits per heavy atom. The molecule has 0 spiro atoms. The van der Waals surface area contributed by atoms with Gasteiger partial charge in [-0.1, -0.05) is 6.92 Å². The Hall–Kier alpha value is -2.47. The fourth-order valence-electron chi connectivity index (χ4n) is 3.55. The van der Waals surface area contributed by atoms with Crippen molar-refractivity contribution in [3.05, 3.63) is 23.8 Å². The fraction of sp³-hybridized carbons (Fsp3) is 0.471. The van der Waals surface area contributed by atoms with Crippen LogP contribution in [-0.2, 0) is 29.6 Å². The number of hydrogen-bond acceptors (Lipinski definition) is 6. The van der Waals surface area contributed by atoms with Gasteiger partial charge in [-0.3, -0.25) is 0 Å². The second kappa shape index (κ2) is 6.52. The second-order valence-electron chi connectivity index (χ2n) is 6.89. The van der Waals surface area contributed by atoms with Crippen LogP contribution < -0.4 is 0 Å². The summed E-state index contributed by atoms with van der Waals surface area (Å²) in [6, 6.07) is 0.817. The highest BCUT2D eigenvalue weighted by atomic mass is 32.2. The van der Waals surface area contributed by atoms with Gasteiger partial charge >= 0.3 is 6.18 Å².